The van der Waals surface area contributed by atoms with E-state index in [0.29, 0.717) is 23.7 Å². The average molecular weight is 391 g/mol. The molecule has 0 aliphatic rings. The molecule has 0 fully saturated rings. The first-order valence-electron chi connectivity index (χ1n) is 9.70. The lowest BCUT2D eigenvalue weighted by atomic mass is 10.1. The second-order valence-corrected chi connectivity index (χ2v) is 8.13. The van der Waals surface area contributed by atoms with Gasteiger partial charge in [0.1, 0.15) is 23.5 Å². The number of hydrogen-bond acceptors (Lipinski definition) is 5. The van der Waals surface area contributed by atoms with Crippen molar-refractivity contribution >= 4 is 33.7 Å². The summed E-state index contributed by atoms with van der Waals surface area (Å²) < 4.78 is 1.87. The molecule has 0 atom stereocenters. The Morgan fingerprint density at radius 1 is 1.24 bits per heavy atom. The van der Waals surface area contributed by atoms with Gasteiger partial charge in [0, 0.05) is 23.0 Å². The van der Waals surface area contributed by atoms with Crippen LogP contribution in [0.3, 0.4) is 0 Å². The van der Waals surface area contributed by atoms with Gasteiger partial charge < -0.3 is 16.0 Å². The van der Waals surface area contributed by atoms with Crippen LogP contribution in [-0.2, 0) is 5.54 Å². The zero-order valence-electron chi connectivity index (χ0n) is 17.1. The maximum absolute atomic E-state index is 12.3. The third-order valence-electron chi connectivity index (χ3n) is 4.81. The Hall–Kier alpha value is -3.42. The summed E-state index contributed by atoms with van der Waals surface area (Å²) >= 11 is 0. The second kappa shape index (κ2) is 6.88. The number of nitrogens with two attached hydrogens (primary N) is 1. The summed E-state index contributed by atoms with van der Waals surface area (Å²) in [5, 5.41) is 9.40. The van der Waals surface area contributed by atoms with Crippen LogP contribution in [0.15, 0.2) is 30.6 Å². The van der Waals surface area contributed by atoms with Crippen LogP contribution in [0.5, 0.6) is 0 Å². The Kier molecular flexibility index (Phi) is 4.49. The van der Waals surface area contributed by atoms with Gasteiger partial charge in [0.2, 0.25) is 0 Å². The van der Waals surface area contributed by atoms with E-state index in [9.17, 15) is 4.79 Å². The normalized spacial score (nSPS) is 12.0. The van der Waals surface area contributed by atoms with E-state index in [1.165, 1.54) is 6.33 Å². The van der Waals surface area contributed by atoms with Crippen molar-refractivity contribution < 1.29 is 4.79 Å². The highest BCUT2D eigenvalue weighted by molar-refractivity contribution is 6.02. The minimum atomic E-state index is -0.266. The summed E-state index contributed by atoms with van der Waals surface area (Å²) in [6, 6.07) is 7.78. The molecule has 0 bridgehead atoms. The minimum absolute atomic E-state index is 0.107. The van der Waals surface area contributed by atoms with Crippen LogP contribution in [0.25, 0.3) is 33.2 Å². The molecule has 3 aromatic heterocycles. The van der Waals surface area contributed by atoms with Crippen LogP contribution in [0.4, 0.5) is 5.82 Å². The fraction of sp³-hybridized carbons (Fsp3) is 0.333. The summed E-state index contributed by atoms with van der Waals surface area (Å²) in [5.74, 6) is 0.288. The molecule has 8 heteroatoms. The molecule has 4 rings (SSSR count). The predicted octanol–water partition coefficient (Wildman–Crippen LogP) is 3.45. The van der Waals surface area contributed by atoms with Crippen molar-refractivity contribution in [2.45, 2.75) is 39.7 Å². The van der Waals surface area contributed by atoms with Gasteiger partial charge in [-0.3, -0.25) is 4.79 Å². The van der Waals surface area contributed by atoms with Gasteiger partial charge in [-0.1, -0.05) is 19.1 Å². The molecule has 0 radical (unpaired) electrons. The maximum atomic E-state index is 12.3. The second-order valence-electron chi connectivity index (χ2n) is 8.13. The van der Waals surface area contributed by atoms with Gasteiger partial charge in [0.15, 0.2) is 5.65 Å². The Bertz CT molecular complexity index is 1210. The zero-order valence-corrected chi connectivity index (χ0v) is 17.1. The number of nitrogens with zero attached hydrogens (tertiary/aromatic N) is 4. The fourth-order valence-electron chi connectivity index (χ4n) is 3.37. The van der Waals surface area contributed by atoms with Crippen molar-refractivity contribution in [3.8, 4) is 11.3 Å². The Labute approximate surface area is 168 Å². The number of amides is 1. The van der Waals surface area contributed by atoms with Crippen LogP contribution in [0.1, 0.15) is 44.6 Å². The number of H-pyrrole nitrogens is 1. The van der Waals surface area contributed by atoms with Crippen molar-refractivity contribution in [2.75, 3.05) is 12.3 Å². The Morgan fingerprint density at radius 3 is 2.76 bits per heavy atom. The molecule has 29 heavy (non-hydrogen) atoms. The first kappa shape index (κ1) is 18.9. The lowest BCUT2D eigenvalue weighted by molar-refractivity contribution is 0.0949. The van der Waals surface area contributed by atoms with Gasteiger partial charge in [-0.2, -0.15) is 5.10 Å². The van der Waals surface area contributed by atoms with Crippen LogP contribution < -0.4 is 11.1 Å². The van der Waals surface area contributed by atoms with E-state index in [4.69, 9.17) is 10.8 Å². The van der Waals surface area contributed by atoms with E-state index in [1.807, 2.05) is 35.9 Å². The van der Waals surface area contributed by atoms with Crippen LogP contribution in [-0.4, -0.2) is 37.2 Å². The van der Waals surface area contributed by atoms with Crippen molar-refractivity contribution in [1.82, 2.24) is 30.0 Å². The predicted molar refractivity (Wildman–Crippen MR) is 115 cm³/mol. The summed E-state index contributed by atoms with van der Waals surface area (Å²) in [5.41, 5.74) is 9.63. The Balaban J connectivity index is 1.85. The SMILES string of the molecule is CCCNC(=O)c1cc2ccc(-c3nn(C(C)(C)C)c4ncnc(N)c34)cc2[nH]1. The van der Waals surface area contributed by atoms with Crippen LogP contribution in [0, 0.1) is 0 Å². The van der Waals surface area contributed by atoms with Gasteiger partial charge in [-0.15, -0.1) is 0 Å². The lowest BCUT2D eigenvalue weighted by Crippen LogP contribution is -2.24. The molecule has 3 heterocycles. The number of anilines is 1. The number of hydrogen-bond donors (Lipinski definition) is 3. The highest BCUT2D eigenvalue weighted by Crippen LogP contribution is 2.34. The van der Waals surface area contributed by atoms with Crippen molar-refractivity contribution in [1.29, 1.82) is 0 Å². The van der Waals surface area contributed by atoms with Crippen molar-refractivity contribution in [3.63, 3.8) is 0 Å². The molecule has 0 saturated heterocycles. The standard InChI is InChI=1S/C21H25N7O/c1-5-8-23-20(29)15-9-12-6-7-13(10-14(12)26-15)17-16-18(22)24-11-25-19(16)28(27-17)21(2,3)4/h6-7,9-11,26H,5,8H2,1-4H3,(H,23,29)(H2,22,24,25). The maximum Gasteiger partial charge on any atom is 0.267 e. The zero-order chi connectivity index (χ0) is 20.8. The van der Waals surface area contributed by atoms with E-state index in [2.05, 4.69) is 41.0 Å². The molecule has 0 spiro atoms. The van der Waals surface area contributed by atoms with Gasteiger partial charge in [-0.05, 0) is 39.3 Å². The number of aromatic nitrogens is 5. The number of fused-ring (bicyclic) bond motifs is 2. The number of carbonyl (C=O) groups excluding carboxylic acids is 1. The fourth-order valence-corrected chi connectivity index (χ4v) is 3.37. The molecule has 1 amide bonds. The van der Waals surface area contributed by atoms with Crippen LogP contribution >= 0.6 is 0 Å². The number of aromatic amines is 1. The number of benzene rings is 1. The average Bonchev–Trinajstić information content (AvgIpc) is 3.27. The topological polar surface area (TPSA) is 115 Å². The largest absolute Gasteiger partial charge is 0.383 e. The minimum Gasteiger partial charge on any atom is -0.383 e. The molecule has 4 aromatic rings. The lowest BCUT2D eigenvalue weighted by Gasteiger charge is -2.19. The third kappa shape index (κ3) is 3.30. The van der Waals surface area contributed by atoms with Gasteiger partial charge in [0.25, 0.3) is 5.91 Å². The number of carbonyl (C=O) groups is 1. The molecule has 0 unspecified atom stereocenters. The smallest absolute Gasteiger partial charge is 0.267 e. The number of nitrogen functional groups attached to an aromatic ring is 1. The molecule has 1 aromatic carbocycles. The molecule has 150 valence electrons. The monoisotopic (exact) mass is 391 g/mol. The van der Waals surface area contributed by atoms with E-state index in [-0.39, 0.29) is 11.4 Å². The number of nitrogens with one attached hydrogen (secondary N) is 2. The third-order valence-corrected chi connectivity index (χ3v) is 4.81. The van der Waals surface area contributed by atoms with E-state index in [0.717, 1.165) is 34.0 Å². The first-order valence-corrected chi connectivity index (χ1v) is 9.70. The van der Waals surface area contributed by atoms with Gasteiger partial charge in [0.05, 0.1) is 10.9 Å². The summed E-state index contributed by atoms with van der Waals surface area (Å²) in [6.45, 7) is 8.87. The van der Waals surface area contributed by atoms with E-state index < -0.39 is 0 Å². The molecule has 0 aliphatic heterocycles. The summed E-state index contributed by atoms with van der Waals surface area (Å²) in [6.07, 6.45) is 2.35. The van der Waals surface area contributed by atoms with Crippen LogP contribution in [0.2, 0.25) is 0 Å². The molecule has 8 nitrogen and oxygen atoms in total. The highest BCUT2D eigenvalue weighted by Gasteiger charge is 2.24. The molecular weight excluding hydrogens is 366 g/mol. The quantitative estimate of drug-likeness (QED) is 0.493. The Morgan fingerprint density at radius 2 is 2.03 bits per heavy atom. The van der Waals surface area contributed by atoms with E-state index >= 15 is 0 Å². The van der Waals surface area contributed by atoms with E-state index in [1.54, 1.807) is 0 Å². The summed E-state index contributed by atoms with van der Waals surface area (Å²) in [4.78, 5) is 24.1. The number of rotatable bonds is 4. The molecule has 0 saturated carbocycles. The molecule has 4 N–H and O–H groups in total. The van der Waals surface area contributed by atoms with Crippen molar-refractivity contribution in [2.24, 2.45) is 0 Å². The van der Waals surface area contributed by atoms with Gasteiger partial charge in [-0.25, -0.2) is 14.6 Å². The summed E-state index contributed by atoms with van der Waals surface area (Å²) in [7, 11) is 0. The highest BCUT2D eigenvalue weighted by atomic mass is 16.1. The molecular formula is C21H25N7O. The molecule has 0 aliphatic carbocycles. The van der Waals surface area contributed by atoms with Crippen molar-refractivity contribution in [3.05, 3.63) is 36.3 Å². The van der Waals surface area contributed by atoms with Gasteiger partial charge >= 0.3 is 0 Å². The first-order chi connectivity index (χ1) is 13.8.